The number of hydrazone groups is 1. The highest BCUT2D eigenvalue weighted by molar-refractivity contribution is 9.10. The Bertz CT molecular complexity index is 961. The molecule has 0 spiro atoms. The lowest BCUT2D eigenvalue weighted by Crippen LogP contribution is -2.36. The first-order valence-corrected chi connectivity index (χ1v) is 10.2. The average molecular weight is 454 g/mol. The number of aryl methyl sites for hydroxylation is 1. The summed E-state index contributed by atoms with van der Waals surface area (Å²) in [6.07, 6.45) is 1.47. The van der Waals surface area contributed by atoms with E-state index < -0.39 is 15.9 Å². The highest BCUT2D eigenvalue weighted by atomic mass is 79.9. The molecule has 0 saturated heterocycles. The Kier molecular flexibility index (Phi) is 7.11. The molecule has 0 atom stereocenters. The van der Waals surface area contributed by atoms with Crippen LogP contribution in [-0.4, -0.2) is 45.5 Å². The van der Waals surface area contributed by atoms with E-state index in [0.717, 1.165) is 19.9 Å². The summed E-state index contributed by atoms with van der Waals surface area (Å²) in [4.78, 5) is 12.1. The van der Waals surface area contributed by atoms with Crippen molar-refractivity contribution in [2.45, 2.75) is 11.8 Å². The molecule has 7 nitrogen and oxygen atoms in total. The summed E-state index contributed by atoms with van der Waals surface area (Å²) >= 11 is 3.34. The summed E-state index contributed by atoms with van der Waals surface area (Å²) < 4.78 is 32.5. The van der Waals surface area contributed by atoms with Crippen LogP contribution in [0.1, 0.15) is 11.1 Å². The van der Waals surface area contributed by atoms with Crippen molar-refractivity contribution < 1.29 is 17.9 Å². The maximum atomic E-state index is 12.8. The number of benzene rings is 2. The van der Waals surface area contributed by atoms with Gasteiger partial charge in [0.15, 0.2) is 0 Å². The van der Waals surface area contributed by atoms with E-state index in [4.69, 9.17) is 4.74 Å². The monoisotopic (exact) mass is 453 g/mol. The molecule has 0 saturated carbocycles. The minimum Gasteiger partial charge on any atom is -0.495 e. The van der Waals surface area contributed by atoms with Crippen molar-refractivity contribution in [2.75, 3.05) is 20.7 Å². The van der Waals surface area contributed by atoms with Crippen molar-refractivity contribution >= 4 is 38.1 Å². The summed E-state index contributed by atoms with van der Waals surface area (Å²) in [6, 6.07) is 12.2. The zero-order chi connectivity index (χ0) is 20.0. The van der Waals surface area contributed by atoms with E-state index >= 15 is 0 Å². The smallest absolute Gasteiger partial charge is 0.255 e. The van der Waals surface area contributed by atoms with E-state index in [1.165, 1.54) is 26.4 Å². The van der Waals surface area contributed by atoms with Gasteiger partial charge in [-0.25, -0.2) is 13.8 Å². The molecule has 2 rings (SSSR count). The van der Waals surface area contributed by atoms with Crippen LogP contribution in [-0.2, 0) is 14.8 Å². The van der Waals surface area contributed by atoms with Crippen LogP contribution in [0.3, 0.4) is 0 Å². The van der Waals surface area contributed by atoms with Crippen LogP contribution >= 0.6 is 15.9 Å². The van der Waals surface area contributed by atoms with Crippen molar-refractivity contribution in [3.63, 3.8) is 0 Å². The molecule has 1 N–H and O–H groups in total. The summed E-state index contributed by atoms with van der Waals surface area (Å²) in [5.41, 5.74) is 3.88. The van der Waals surface area contributed by atoms with E-state index in [0.29, 0.717) is 0 Å². The van der Waals surface area contributed by atoms with Gasteiger partial charge in [-0.3, -0.25) is 4.79 Å². The first-order valence-electron chi connectivity index (χ1n) is 7.92. The van der Waals surface area contributed by atoms with Gasteiger partial charge in [0.2, 0.25) is 10.0 Å². The van der Waals surface area contributed by atoms with E-state index in [1.807, 2.05) is 24.3 Å². The minimum absolute atomic E-state index is 0.0120. The fourth-order valence-corrected chi connectivity index (χ4v) is 4.02. The zero-order valence-electron chi connectivity index (χ0n) is 15.1. The number of halogens is 1. The highest BCUT2D eigenvalue weighted by Crippen LogP contribution is 2.27. The van der Waals surface area contributed by atoms with Crippen LogP contribution in [0.4, 0.5) is 0 Å². The second-order valence-electron chi connectivity index (χ2n) is 5.76. The van der Waals surface area contributed by atoms with Crippen molar-refractivity contribution in [3.8, 4) is 5.75 Å². The maximum absolute atomic E-state index is 12.8. The summed E-state index contributed by atoms with van der Waals surface area (Å²) in [5, 5.41) is 3.85. The number of nitrogens with zero attached hydrogens (tertiary/aromatic N) is 2. The molecule has 9 heteroatoms. The molecule has 2 aromatic rings. The number of hydrogen-bond acceptors (Lipinski definition) is 5. The number of sulfonamides is 1. The first kappa shape index (κ1) is 21.1. The van der Waals surface area contributed by atoms with E-state index in [1.54, 1.807) is 19.1 Å². The molecule has 0 aliphatic carbocycles. The van der Waals surface area contributed by atoms with Crippen molar-refractivity contribution in [1.82, 2.24) is 9.73 Å². The fraction of sp³-hybridized carbons (Fsp3) is 0.222. The van der Waals surface area contributed by atoms with Gasteiger partial charge in [-0.15, -0.1) is 0 Å². The highest BCUT2D eigenvalue weighted by Gasteiger charge is 2.26. The normalized spacial score (nSPS) is 11.7. The van der Waals surface area contributed by atoms with Crippen molar-refractivity contribution in [3.05, 3.63) is 58.1 Å². The average Bonchev–Trinajstić information content (AvgIpc) is 2.61. The molecule has 2 aromatic carbocycles. The lowest BCUT2D eigenvalue weighted by molar-refractivity contribution is -0.121. The predicted molar refractivity (Wildman–Crippen MR) is 107 cm³/mol. The van der Waals surface area contributed by atoms with Crippen molar-refractivity contribution in [1.29, 1.82) is 0 Å². The number of carbonyl (C=O) groups excluding carboxylic acids is 1. The Morgan fingerprint density at radius 1 is 1.30 bits per heavy atom. The standard InChI is InChI=1S/C18H20BrN3O4S/c1-13-7-8-16(26-3)17(9-13)27(24,25)22(2)12-18(23)21-20-11-14-5-4-6-15(19)10-14/h4-11H,12H2,1-3H3,(H,21,23). The van der Waals surface area contributed by atoms with Gasteiger partial charge in [-0.2, -0.15) is 9.41 Å². The third kappa shape index (κ3) is 5.62. The molecule has 0 aliphatic rings. The first-order chi connectivity index (χ1) is 12.7. The topological polar surface area (TPSA) is 88.1 Å². The van der Waals surface area contributed by atoms with Crippen LogP contribution < -0.4 is 10.2 Å². The second kappa shape index (κ2) is 9.12. The van der Waals surface area contributed by atoms with Crippen LogP contribution in [0, 0.1) is 6.92 Å². The van der Waals surface area contributed by atoms with Gasteiger partial charge in [0.25, 0.3) is 5.91 Å². The Labute approximate surface area is 167 Å². The Balaban J connectivity index is 2.06. The minimum atomic E-state index is -3.89. The molecule has 27 heavy (non-hydrogen) atoms. The van der Waals surface area contributed by atoms with Gasteiger partial charge in [0.1, 0.15) is 10.6 Å². The van der Waals surface area contributed by atoms with Crippen LogP contribution in [0.5, 0.6) is 5.75 Å². The van der Waals surface area contributed by atoms with E-state index in [-0.39, 0.29) is 17.2 Å². The van der Waals surface area contributed by atoms with Gasteiger partial charge in [0.05, 0.1) is 19.9 Å². The Hall–Kier alpha value is -2.23. The molecule has 0 fully saturated rings. The molecular weight excluding hydrogens is 434 g/mol. The quantitative estimate of drug-likeness (QED) is 0.515. The number of rotatable bonds is 7. The molecule has 0 aliphatic heterocycles. The van der Waals surface area contributed by atoms with Crippen LogP contribution in [0.2, 0.25) is 0 Å². The molecule has 1 amide bonds. The van der Waals surface area contributed by atoms with E-state index in [2.05, 4.69) is 26.5 Å². The van der Waals surface area contributed by atoms with Crippen molar-refractivity contribution in [2.24, 2.45) is 5.10 Å². The number of nitrogens with one attached hydrogen (secondary N) is 1. The second-order valence-corrected chi connectivity index (χ2v) is 8.69. The zero-order valence-corrected chi connectivity index (χ0v) is 17.5. The Morgan fingerprint density at radius 3 is 2.70 bits per heavy atom. The number of likely N-dealkylation sites (N-methyl/N-ethyl adjacent to an activating group) is 1. The molecule has 144 valence electrons. The molecule has 0 unspecified atom stereocenters. The van der Waals surface area contributed by atoms with Gasteiger partial charge in [0, 0.05) is 11.5 Å². The van der Waals surface area contributed by atoms with Gasteiger partial charge in [-0.1, -0.05) is 34.1 Å². The number of methoxy groups -OCH3 is 1. The van der Waals surface area contributed by atoms with Crippen LogP contribution in [0.15, 0.2) is 56.9 Å². The number of hydrogen-bond donors (Lipinski definition) is 1. The maximum Gasteiger partial charge on any atom is 0.255 e. The summed E-state index contributed by atoms with van der Waals surface area (Å²) in [7, 11) is -1.17. The number of ether oxygens (including phenoxy) is 1. The third-order valence-corrected chi connectivity index (χ3v) is 5.94. The Morgan fingerprint density at radius 2 is 2.04 bits per heavy atom. The van der Waals surface area contributed by atoms with Gasteiger partial charge in [-0.05, 0) is 42.3 Å². The lowest BCUT2D eigenvalue weighted by Gasteiger charge is -2.18. The van der Waals surface area contributed by atoms with Gasteiger partial charge < -0.3 is 4.74 Å². The van der Waals surface area contributed by atoms with Crippen LogP contribution in [0.25, 0.3) is 0 Å². The SMILES string of the molecule is COc1ccc(C)cc1S(=O)(=O)N(C)CC(=O)NN=Cc1cccc(Br)c1. The predicted octanol–water partition coefficient (Wildman–Crippen LogP) is 2.54. The molecule has 0 radical (unpaired) electrons. The van der Waals surface area contributed by atoms with Gasteiger partial charge >= 0.3 is 0 Å². The summed E-state index contributed by atoms with van der Waals surface area (Å²) in [5.74, 6) is -0.334. The fourth-order valence-electron chi connectivity index (χ4n) is 2.24. The molecular formula is C18H20BrN3O4S. The number of amides is 1. The molecule has 0 aromatic heterocycles. The van der Waals surface area contributed by atoms with E-state index in [9.17, 15) is 13.2 Å². The number of carbonyl (C=O) groups is 1. The summed E-state index contributed by atoms with van der Waals surface area (Å²) in [6.45, 7) is 1.40. The largest absolute Gasteiger partial charge is 0.495 e. The molecule has 0 bridgehead atoms. The third-order valence-electron chi connectivity index (χ3n) is 3.63. The molecule has 0 heterocycles. The lowest BCUT2D eigenvalue weighted by atomic mass is 10.2.